The average molecular weight is 276 g/mol. The Kier molecular flexibility index (Phi) is 5.35. The van der Waals surface area contributed by atoms with Crippen molar-refractivity contribution in [3.05, 3.63) is 35.4 Å². The number of hydrogen-bond acceptors (Lipinski definition) is 2. The van der Waals surface area contributed by atoms with Crippen LogP contribution < -0.4 is 0 Å². The van der Waals surface area contributed by atoms with E-state index in [9.17, 15) is 18.0 Å². The number of carboxylic acid groups (broad SMARTS) is 1. The molecular formula is C13H15F3O3. The van der Waals surface area contributed by atoms with E-state index < -0.39 is 24.7 Å². The van der Waals surface area contributed by atoms with Crippen molar-refractivity contribution >= 4 is 5.97 Å². The second-order valence-corrected chi connectivity index (χ2v) is 4.26. The van der Waals surface area contributed by atoms with Crippen molar-refractivity contribution in [1.82, 2.24) is 0 Å². The number of aryl methyl sites for hydroxylation is 1. The maximum Gasteiger partial charge on any atom is 0.411 e. The number of ether oxygens (including phenoxy) is 1. The fourth-order valence-corrected chi connectivity index (χ4v) is 1.62. The minimum atomic E-state index is -4.39. The third-order valence-electron chi connectivity index (χ3n) is 2.59. The van der Waals surface area contributed by atoms with Gasteiger partial charge in [0.2, 0.25) is 0 Å². The molecule has 1 atom stereocenters. The molecule has 1 N–H and O–H groups in total. The Balaban J connectivity index is 2.55. The first-order valence-corrected chi connectivity index (χ1v) is 5.73. The predicted octanol–water partition coefficient (Wildman–Crippen LogP) is 3.13. The van der Waals surface area contributed by atoms with Crippen molar-refractivity contribution in [2.45, 2.75) is 25.4 Å². The van der Waals surface area contributed by atoms with Crippen LogP contribution in [-0.2, 0) is 9.53 Å². The fraction of sp³-hybridized carbons (Fsp3) is 0.462. The van der Waals surface area contributed by atoms with Crippen molar-refractivity contribution in [1.29, 1.82) is 0 Å². The third-order valence-corrected chi connectivity index (χ3v) is 2.59. The van der Waals surface area contributed by atoms with Gasteiger partial charge in [-0.05, 0) is 18.9 Å². The number of rotatable bonds is 6. The molecule has 6 heteroatoms. The van der Waals surface area contributed by atoms with E-state index in [4.69, 9.17) is 5.11 Å². The summed E-state index contributed by atoms with van der Waals surface area (Å²) in [6.45, 7) is 0.267. The molecule has 106 valence electrons. The van der Waals surface area contributed by atoms with Crippen LogP contribution in [0.5, 0.6) is 0 Å². The highest BCUT2D eigenvalue weighted by atomic mass is 19.4. The molecule has 0 aromatic heterocycles. The number of alkyl halides is 3. The van der Waals surface area contributed by atoms with Gasteiger partial charge in [-0.15, -0.1) is 0 Å². The van der Waals surface area contributed by atoms with Crippen molar-refractivity contribution in [2.24, 2.45) is 0 Å². The van der Waals surface area contributed by atoms with Crippen molar-refractivity contribution < 1.29 is 27.8 Å². The van der Waals surface area contributed by atoms with Gasteiger partial charge in [-0.3, -0.25) is 4.79 Å². The molecule has 0 fully saturated rings. The number of halogens is 3. The van der Waals surface area contributed by atoms with E-state index in [-0.39, 0.29) is 13.0 Å². The van der Waals surface area contributed by atoms with E-state index in [0.29, 0.717) is 5.56 Å². The van der Waals surface area contributed by atoms with Gasteiger partial charge in [-0.25, -0.2) is 0 Å². The quantitative estimate of drug-likeness (QED) is 0.812. The summed E-state index contributed by atoms with van der Waals surface area (Å²) in [5, 5.41) is 9.08. The van der Waals surface area contributed by atoms with Crippen LogP contribution >= 0.6 is 0 Å². The van der Waals surface area contributed by atoms with Crippen LogP contribution in [0.2, 0.25) is 0 Å². The largest absolute Gasteiger partial charge is 0.481 e. The summed E-state index contributed by atoms with van der Waals surface area (Å²) in [5.74, 6) is -1.92. The molecule has 1 aromatic carbocycles. The first-order valence-electron chi connectivity index (χ1n) is 5.73. The van der Waals surface area contributed by atoms with Gasteiger partial charge in [-0.2, -0.15) is 13.2 Å². The summed E-state index contributed by atoms with van der Waals surface area (Å²) < 4.78 is 40.0. The number of benzene rings is 1. The van der Waals surface area contributed by atoms with Gasteiger partial charge in [0, 0.05) is 6.61 Å². The summed E-state index contributed by atoms with van der Waals surface area (Å²) in [4.78, 5) is 11.1. The van der Waals surface area contributed by atoms with E-state index in [1.165, 1.54) is 0 Å². The van der Waals surface area contributed by atoms with Crippen LogP contribution in [0.4, 0.5) is 13.2 Å². The highest BCUT2D eigenvalue weighted by molar-refractivity contribution is 5.76. The molecule has 1 rings (SSSR count). The summed E-state index contributed by atoms with van der Waals surface area (Å²) in [7, 11) is 0. The number of carbonyl (C=O) groups is 1. The molecule has 0 heterocycles. The Labute approximate surface area is 109 Å². The van der Waals surface area contributed by atoms with Gasteiger partial charge < -0.3 is 9.84 Å². The van der Waals surface area contributed by atoms with E-state index in [0.717, 1.165) is 5.56 Å². The van der Waals surface area contributed by atoms with E-state index in [1.807, 2.05) is 6.92 Å². The Morgan fingerprint density at radius 1 is 1.32 bits per heavy atom. The van der Waals surface area contributed by atoms with Gasteiger partial charge >= 0.3 is 12.1 Å². The lowest BCUT2D eigenvalue weighted by atomic mass is 9.95. The smallest absolute Gasteiger partial charge is 0.411 e. The molecule has 0 aliphatic rings. The zero-order chi connectivity index (χ0) is 14.5. The van der Waals surface area contributed by atoms with Crippen molar-refractivity contribution in [3.8, 4) is 0 Å². The molecule has 0 saturated carbocycles. The van der Waals surface area contributed by atoms with Crippen LogP contribution in [0.1, 0.15) is 23.5 Å². The first-order chi connectivity index (χ1) is 8.79. The third kappa shape index (κ3) is 5.74. The molecular weight excluding hydrogens is 261 g/mol. The van der Waals surface area contributed by atoms with Crippen molar-refractivity contribution in [3.63, 3.8) is 0 Å². The topological polar surface area (TPSA) is 46.5 Å². The Hall–Kier alpha value is -1.56. The van der Waals surface area contributed by atoms with E-state index in [1.54, 1.807) is 24.3 Å². The molecule has 0 bridgehead atoms. The molecule has 0 amide bonds. The van der Waals surface area contributed by atoms with Crippen LogP contribution in [-0.4, -0.2) is 30.5 Å². The maximum atomic E-state index is 11.9. The molecule has 3 nitrogen and oxygen atoms in total. The van der Waals surface area contributed by atoms with E-state index in [2.05, 4.69) is 4.74 Å². The lowest BCUT2D eigenvalue weighted by Crippen LogP contribution is -2.19. The average Bonchev–Trinajstić information content (AvgIpc) is 2.29. The van der Waals surface area contributed by atoms with Crippen LogP contribution in [0.15, 0.2) is 24.3 Å². The molecule has 1 unspecified atom stereocenters. The molecule has 0 aliphatic heterocycles. The lowest BCUT2D eigenvalue weighted by Gasteiger charge is -2.14. The monoisotopic (exact) mass is 276 g/mol. The SMILES string of the molecule is Cc1ccc(C(CCOCC(F)(F)F)C(=O)O)cc1. The Morgan fingerprint density at radius 2 is 1.89 bits per heavy atom. The standard InChI is InChI=1S/C13H15F3O3/c1-9-2-4-10(5-3-9)11(12(17)18)6-7-19-8-13(14,15)16/h2-5,11H,6-8H2,1H3,(H,17,18). The van der Waals surface area contributed by atoms with Crippen LogP contribution in [0.25, 0.3) is 0 Å². The predicted molar refractivity (Wildman–Crippen MR) is 63.0 cm³/mol. The molecule has 19 heavy (non-hydrogen) atoms. The van der Waals surface area contributed by atoms with Gasteiger partial charge in [0.1, 0.15) is 6.61 Å². The van der Waals surface area contributed by atoms with Crippen molar-refractivity contribution in [2.75, 3.05) is 13.2 Å². The summed E-state index contributed by atoms with van der Waals surface area (Å²) in [6, 6.07) is 6.86. The molecule has 0 spiro atoms. The highest BCUT2D eigenvalue weighted by Crippen LogP contribution is 2.21. The highest BCUT2D eigenvalue weighted by Gasteiger charge is 2.28. The molecule has 0 aliphatic carbocycles. The summed E-state index contributed by atoms with van der Waals surface area (Å²) in [6.07, 6.45) is -4.38. The molecule has 1 aromatic rings. The fourth-order valence-electron chi connectivity index (χ4n) is 1.62. The van der Waals surface area contributed by atoms with Gasteiger partial charge in [-0.1, -0.05) is 29.8 Å². The number of carboxylic acids is 1. The van der Waals surface area contributed by atoms with Gasteiger partial charge in [0.25, 0.3) is 0 Å². The second-order valence-electron chi connectivity index (χ2n) is 4.26. The number of hydrogen-bond donors (Lipinski definition) is 1. The van der Waals surface area contributed by atoms with Crippen LogP contribution in [0.3, 0.4) is 0 Å². The van der Waals surface area contributed by atoms with Crippen LogP contribution in [0, 0.1) is 6.92 Å². The second kappa shape index (κ2) is 6.56. The first kappa shape index (κ1) is 15.5. The lowest BCUT2D eigenvalue weighted by molar-refractivity contribution is -0.174. The minimum absolute atomic E-state index is 0.00841. The van der Waals surface area contributed by atoms with Gasteiger partial charge in [0.05, 0.1) is 5.92 Å². The maximum absolute atomic E-state index is 11.9. The molecule has 0 saturated heterocycles. The summed E-state index contributed by atoms with van der Waals surface area (Å²) in [5.41, 5.74) is 1.55. The zero-order valence-electron chi connectivity index (χ0n) is 10.4. The Morgan fingerprint density at radius 3 is 2.37 bits per heavy atom. The minimum Gasteiger partial charge on any atom is -0.481 e. The van der Waals surface area contributed by atoms with Gasteiger partial charge in [0.15, 0.2) is 0 Å². The summed E-state index contributed by atoms with van der Waals surface area (Å²) >= 11 is 0. The molecule has 0 radical (unpaired) electrons. The zero-order valence-corrected chi connectivity index (χ0v) is 10.4. The number of aliphatic carboxylic acids is 1. The van der Waals surface area contributed by atoms with E-state index >= 15 is 0 Å². The Bertz CT molecular complexity index is 412. The normalized spacial score (nSPS) is 13.3.